The van der Waals surface area contributed by atoms with Gasteiger partial charge in [-0.1, -0.05) is 25.6 Å². The third-order valence-electron chi connectivity index (χ3n) is 6.56. The van der Waals surface area contributed by atoms with Crippen LogP contribution in [0.5, 0.6) is 0 Å². The van der Waals surface area contributed by atoms with Gasteiger partial charge in [-0.3, -0.25) is 23.2 Å². The molecule has 6 atom stereocenters. The molecule has 2 aromatic rings. The number of ether oxygens (including phenoxy) is 2. The fourth-order valence-electron chi connectivity index (χ4n) is 4.14. The van der Waals surface area contributed by atoms with Crippen molar-refractivity contribution in [2.24, 2.45) is 11.3 Å². The summed E-state index contributed by atoms with van der Waals surface area (Å²) in [6, 6.07) is -1.09. The molecule has 1 aliphatic heterocycles. The molecular formula is C25H40FN6O10PS. The molecule has 1 unspecified atom stereocenters. The standard InChI is InChI=1S/C25H40FN6O10PS/c1-6-39-22(36)14(9-13(2)3)31-43(38,40-7-8-44-23(37)25(4,5)11-33)41-10-15-17(34)18(35)21(42-15)32-12-28-16-19(27)29-24(26)30-20(16)32/h12-15,17-18,21,33-35H,6-11H2,1-5H3,(H,31,38)(H2,27,29,30)/t14-,15+,17+,18-,21+,43?/m0/s1. The highest BCUT2D eigenvalue weighted by Crippen LogP contribution is 2.46. The van der Waals surface area contributed by atoms with E-state index in [0.29, 0.717) is 0 Å². The van der Waals surface area contributed by atoms with Gasteiger partial charge in [0.05, 0.1) is 38.2 Å². The van der Waals surface area contributed by atoms with E-state index >= 15 is 0 Å². The summed E-state index contributed by atoms with van der Waals surface area (Å²) in [5.41, 5.74) is 4.67. The topological polar surface area (TPSA) is 230 Å². The zero-order valence-electron chi connectivity index (χ0n) is 25.1. The maximum absolute atomic E-state index is 13.9. The van der Waals surface area contributed by atoms with Gasteiger partial charge in [0.1, 0.15) is 24.4 Å². The lowest BCUT2D eigenvalue weighted by molar-refractivity contribution is -0.145. The first-order chi connectivity index (χ1) is 20.6. The van der Waals surface area contributed by atoms with Gasteiger partial charge in [0, 0.05) is 5.75 Å². The minimum atomic E-state index is -4.35. The summed E-state index contributed by atoms with van der Waals surface area (Å²) in [6.07, 6.45) is -5.46. The van der Waals surface area contributed by atoms with Gasteiger partial charge >= 0.3 is 19.8 Å². The Hall–Kier alpha value is -2.28. The molecule has 1 fully saturated rings. The number of anilines is 1. The fourth-order valence-corrected chi connectivity index (χ4v) is 6.56. The van der Waals surface area contributed by atoms with Gasteiger partial charge in [-0.2, -0.15) is 14.4 Å². The highest BCUT2D eigenvalue weighted by molar-refractivity contribution is 8.13. The predicted molar refractivity (Wildman–Crippen MR) is 156 cm³/mol. The van der Waals surface area contributed by atoms with Crippen molar-refractivity contribution in [3.05, 3.63) is 12.4 Å². The molecule has 6 N–H and O–H groups in total. The number of esters is 1. The molecule has 0 saturated carbocycles. The summed E-state index contributed by atoms with van der Waals surface area (Å²) in [5.74, 6) is -0.899. The number of imidazole rings is 1. The minimum absolute atomic E-state index is 0.0252. The molecule has 2 aromatic heterocycles. The molecule has 0 radical (unpaired) electrons. The number of rotatable bonds is 16. The highest BCUT2D eigenvalue weighted by Gasteiger charge is 2.46. The Kier molecular flexibility index (Phi) is 12.6. The number of fused-ring (bicyclic) bond motifs is 1. The van der Waals surface area contributed by atoms with E-state index in [1.165, 1.54) is 10.9 Å². The first-order valence-corrected chi connectivity index (χ1v) is 16.4. The number of halogens is 1. The largest absolute Gasteiger partial charge is 0.465 e. The Morgan fingerprint density at radius 1 is 1.27 bits per heavy atom. The van der Waals surface area contributed by atoms with E-state index in [0.717, 1.165) is 11.8 Å². The van der Waals surface area contributed by atoms with E-state index in [1.807, 2.05) is 13.8 Å². The number of aromatic nitrogens is 4. The first kappa shape index (κ1) is 36.2. The van der Waals surface area contributed by atoms with E-state index in [9.17, 15) is 33.9 Å². The van der Waals surface area contributed by atoms with Crippen LogP contribution >= 0.6 is 19.5 Å². The van der Waals surface area contributed by atoms with E-state index < -0.39 is 62.4 Å². The third kappa shape index (κ3) is 8.92. The number of nitrogens with two attached hydrogens (primary N) is 1. The predicted octanol–water partition coefficient (Wildman–Crippen LogP) is 1.15. The van der Waals surface area contributed by atoms with Gasteiger partial charge in [-0.15, -0.1) is 0 Å². The van der Waals surface area contributed by atoms with Crippen molar-refractivity contribution in [1.29, 1.82) is 0 Å². The lowest BCUT2D eigenvalue weighted by atomic mass is 9.97. The summed E-state index contributed by atoms with van der Waals surface area (Å²) in [4.78, 5) is 36.1. The average molecular weight is 667 g/mol. The number of hydrogen-bond donors (Lipinski definition) is 5. The number of carbonyl (C=O) groups excluding carboxylic acids is 2. The quantitative estimate of drug-likeness (QED) is 0.0732. The van der Waals surface area contributed by atoms with Crippen LogP contribution in [0, 0.1) is 17.4 Å². The Bertz CT molecular complexity index is 1350. The first-order valence-electron chi connectivity index (χ1n) is 13.9. The van der Waals surface area contributed by atoms with Gasteiger partial charge < -0.3 is 30.5 Å². The summed E-state index contributed by atoms with van der Waals surface area (Å²) in [6.45, 7) is 7.34. The lowest BCUT2D eigenvalue weighted by Crippen LogP contribution is -2.39. The lowest BCUT2D eigenvalue weighted by Gasteiger charge is -2.26. The van der Waals surface area contributed by atoms with Crippen LogP contribution in [0.3, 0.4) is 0 Å². The van der Waals surface area contributed by atoms with Crippen LogP contribution in [-0.4, -0.2) is 102 Å². The molecule has 16 nitrogen and oxygen atoms in total. The molecule has 0 bridgehead atoms. The number of carbonyl (C=O) groups is 2. The number of aliphatic hydroxyl groups is 3. The van der Waals surface area contributed by atoms with Crippen molar-refractivity contribution in [3.8, 4) is 0 Å². The maximum Gasteiger partial charge on any atom is 0.406 e. The van der Waals surface area contributed by atoms with Crippen molar-refractivity contribution >= 4 is 47.6 Å². The second kappa shape index (κ2) is 15.3. The molecule has 248 valence electrons. The van der Waals surface area contributed by atoms with Crippen molar-refractivity contribution in [2.75, 3.05) is 37.9 Å². The molecule has 0 aliphatic carbocycles. The van der Waals surface area contributed by atoms with Crippen molar-refractivity contribution in [1.82, 2.24) is 24.6 Å². The zero-order valence-corrected chi connectivity index (χ0v) is 26.8. The smallest absolute Gasteiger partial charge is 0.406 e. The second-order valence-corrected chi connectivity index (χ2v) is 14.0. The molecular weight excluding hydrogens is 626 g/mol. The van der Waals surface area contributed by atoms with E-state index in [2.05, 4.69) is 20.0 Å². The van der Waals surface area contributed by atoms with Crippen LogP contribution < -0.4 is 10.8 Å². The Balaban J connectivity index is 1.77. The van der Waals surface area contributed by atoms with Gasteiger partial charge in [-0.25, -0.2) is 14.6 Å². The second-order valence-electron chi connectivity index (χ2n) is 11.1. The van der Waals surface area contributed by atoms with Crippen molar-refractivity contribution in [3.63, 3.8) is 0 Å². The molecule has 1 saturated heterocycles. The summed E-state index contributed by atoms with van der Waals surface area (Å²) in [5, 5.41) is 33.2. The highest BCUT2D eigenvalue weighted by atomic mass is 32.2. The number of nitrogens with zero attached hydrogens (tertiary/aromatic N) is 4. The molecule has 3 rings (SSSR count). The molecule has 3 heterocycles. The minimum Gasteiger partial charge on any atom is -0.465 e. The van der Waals surface area contributed by atoms with Gasteiger partial charge in [-0.05, 0) is 33.1 Å². The number of nitrogen functional groups attached to an aromatic ring is 1. The SMILES string of the molecule is CCOC(=O)[C@H](CC(C)C)NP(=O)(OCCSC(=O)C(C)(C)CO)OC[C@H]1O[C@@H](n2cnc3c(N)nc(F)nc32)[C@@H](O)[C@@H]1O. The van der Waals surface area contributed by atoms with Gasteiger partial charge in [0.2, 0.25) is 0 Å². The van der Waals surface area contributed by atoms with Crippen molar-refractivity contribution < 1.29 is 52.4 Å². The van der Waals surface area contributed by atoms with Gasteiger partial charge in [0.25, 0.3) is 0 Å². The van der Waals surface area contributed by atoms with Crippen LogP contribution in [-0.2, 0) is 32.7 Å². The third-order valence-corrected chi connectivity index (χ3v) is 9.38. The molecule has 19 heteroatoms. The summed E-state index contributed by atoms with van der Waals surface area (Å²) in [7, 11) is -4.35. The number of aliphatic hydroxyl groups excluding tert-OH is 3. The van der Waals surface area contributed by atoms with Crippen LogP contribution in [0.1, 0.15) is 47.3 Å². The zero-order chi connectivity index (χ0) is 32.8. The summed E-state index contributed by atoms with van der Waals surface area (Å²) >= 11 is 0.866. The molecule has 0 aromatic carbocycles. The monoisotopic (exact) mass is 666 g/mol. The van der Waals surface area contributed by atoms with Crippen LogP contribution in [0.4, 0.5) is 10.2 Å². The number of hydrogen-bond acceptors (Lipinski definition) is 15. The Morgan fingerprint density at radius 3 is 2.61 bits per heavy atom. The van der Waals surface area contributed by atoms with Gasteiger partial charge in [0.15, 0.2) is 28.3 Å². The fraction of sp³-hybridized carbons (Fsp3) is 0.720. The van der Waals surface area contributed by atoms with Crippen molar-refractivity contribution in [2.45, 2.75) is 71.6 Å². The Labute approximate surface area is 257 Å². The molecule has 0 spiro atoms. The van der Waals surface area contributed by atoms with Crippen LogP contribution in [0.15, 0.2) is 6.33 Å². The van der Waals surface area contributed by atoms with E-state index in [1.54, 1.807) is 20.8 Å². The number of nitrogens with one attached hydrogen (secondary N) is 1. The maximum atomic E-state index is 13.9. The van der Waals surface area contributed by atoms with E-state index in [4.69, 9.17) is 24.3 Å². The number of thioether (sulfide) groups is 1. The summed E-state index contributed by atoms with van der Waals surface area (Å²) < 4.78 is 51.0. The Morgan fingerprint density at radius 2 is 1.98 bits per heavy atom. The van der Waals surface area contributed by atoms with E-state index in [-0.39, 0.29) is 60.0 Å². The molecule has 44 heavy (non-hydrogen) atoms. The molecule has 0 amide bonds. The van der Waals surface area contributed by atoms with Crippen LogP contribution in [0.25, 0.3) is 11.2 Å². The normalized spacial score (nSPS) is 22.8. The van der Waals surface area contributed by atoms with Crippen LogP contribution in [0.2, 0.25) is 0 Å². The average Bonchev–Trinajstić information content (AvgIpc) is 3.49. The molecule has 1 aliphatic rings.